The topological polar surface area (TPSA) is 28.7 Å². The van der Waals surface area contributed by atoms with E-state index < -0.39 is 0 Å². The lowest BCUT2D eigenvalue weighted by atomic mass is 10.0. The molecule has 0 bridgehead atoms. The number of aryl methyl sites for hydroxylation is 1. The third-order valence-corrected chi connectivity index (χ3v) is 5.52. The highest BCUT2D eigenvalue weighted by Crippen LogP contribution is 2.45. The maximum absolute atomic E-state index is 6.16. The Labute approximate surface area is 152 Å². The van der Waals surface area contributed by atoms with E-state index in [1.165, 1.54) is 16.1 Å². The molecule has 2 aliphatic heterocycles. The minimum atomic E-state index is 0.772. The van der Waals surface area contributed by atoms with E-state index in [1.54, 1.807) is 11.8 Å². The number of anilines is 1. The molecule has 0 saturated carbocycles. The maximum Gasteiger partial charge on any atom is 0.137 e. The minimum Gasteiger partial charge on any atom is -0.457 e. The molecule has 0 radical (unpaired) electrons. The van der Waals surface area contributed by atoms with Crippen LogP contribution in [0.4, 0.5) is 5.69 Å². The van der Waals surface area contributed by atoms with E-state index in [9.17, 15) is 0 Å². The average molecular weight is 348 g/mol. The number of nitrogens with zero attached hydrogens (tertiary/aromatic N) is 2. The molecule has 1 aromatic carbocycles. The van der Waals surface area contributed by atoms with Crippen molar-refractivity contribution in [2.24, 2.45) is 4.99 Å². The van der Waals surface area contributed by atoms with E-state index in [2.05, 4.69) is 66.3 Å². The van der Waals surface area contributed by atoms with Gasteiger partial charge in [0.15, 0.2) is 0 Å². The number of hydrogen-bond donors (Lipinski definition) is 0. The first-order valence-electron chi connectivity index (χ1n) is 8.43. The van der Waals surface area contributed by atoms with Crippen molar-refractivity contribution in [2.45, 2.75) is 18.7 Å². The Kier molecular flexibility index (Phi) is 4.14. The fraction of sp³-hybridized carbons (Fsp3) is 0.190. The summed E-state index contributed by atoms with van der Waals surface area (Å²) in [6.45, 7) is 4.93. The van der Waals surface area contributed by atoms with Crippen molar-refractivity contribution in [3.8, 4) is 11.3 Å². The van der Waals surface area contributed by atoms with Crippen LogP contribution in [-0.4, -0.2) is 13.6 Å². The smallest absolute Gasteiger partial charge is 0.137 e. The molecule has 1 aliphatic carbocycles. The SMILES string of the molecule is CCN=c1ccc2c(C)cc(/C=C3\Sc4ccccc4N3C)oc-2c1. The Hall–Kier alpha value is -2.46. The summed E-state index contributed by atoms with van der Waals surface area (Å²) in [4.78, 5) is 7.95. The molecule has 0 atom stereocenters. The summed E-state index contributed by atoms with van der Waals surface area (Å²) in [5, 5.41) is 2.13. The highest BCUT2D eigenvalue weighted by Gasteiger charge is 2.21. The van der Waals surface area contributed by atoms with Gasteiger partial charge in [-0.05, 0) is 49.7 Å². The van der Waals surface area contributed by atoms with Gasteiger partial charge < -0.3 is 9.32 Å². The summed E-state index contributed by atoms with van der Waals surface area (Å²) in [5.74, 6) is 1.74. The quantitative estimate of drug-likeness (QED) is 0.641. The monoisotopic (exact) mass is 348 g/mol. The normalized spacial score (nSPS) is 16.0. The molecule has 0 aromatic heterocycles. The molecule has 25 heavy (non-hydrogen) atoms. The van der Waals surface area contributed by atoms with Crippen LogP contribution in [0.25, 0.3) is 17.4 Å². The number of fused-ring (bicyclic) bond motifs is 2. The Morgan fingerprint density at radius 1 is 1.16 bits per heavy atom. The molecule has 0 fully saturated rings. The lowest BCUT2D eigenvalue weighted by Crippen LogP contribution is -2.09. The first-order valence-corrected chi connectivity index (χ1v) is 9.24. The Morgan fingerprint density at radius 3 is 2.80 bits per heavy atom. The summed E-state index contributed by atoms with van der Waals surface area (Å²) in [5.41, 5.74) is 3.58. The van der Waals surface area contributed by atoms with Crippen LogP contribution < -0.4 is 10.3 Å². The molecule has 0 unspecified atom stereocenters. The predicted molar refractivity (Wildman–Crippen MR) is 105 cm³/mol. The molecular formula is C21H20N2OS. The number of para-hydroxylation sites is 1. The largest absolute Gasteiger partial charge is 0.457 e. The van der Waals surface area contributed by atoms with Crippen LogP contribution in [0.3, 0.4) is 0 Å². The van der Waals surface area contributed by atoms with Crippen molar-refractivity contribution in [1.29, 1.82) is 0 Å². The van der Waals surface area contributed by atoms with Gasteiger partial charge in [-0.15, -0.1) is 0 Å². The minimum absolute atomic E-state index is 0.772. The van der Waals surface area contributed by atoms with Crippen molar-refractivity contribution in [1.82, 2.24) is 0 Å². The first-order chi connectivity index (χ1) is 12.2. The molecule has 4 rings (SSSR count). The van der Waals surface area contributed by atoms with Crippen molar-refractivity contribution in [3.05, 3.63) is 70.2 Å². The second kappa shape index (κ2) is 6.45. The van der Waals surface area contributed by atoms with E-state index in [1.807, 2.05) is 19.1 Å². The Bertz CT molecular complexity index is 1000. The summed E-state index contributed by atoms with van der Waals surface area (Å²) in [6.07, 6.45) is 2.11. The number of thioether (sulfide) groups is 1. The molecule has 3 nitrogen and oxygen atoms in total. The zero-order valence-corrected chi connectivity index (χ0v) is 15.4. The summed E-state index contributed by atoms with van der Waals surface area (Å²) in [7, 11) is 2.09. The molecule has 3 aliphatic rings. The van der Waals surface area contributed by atoms with Gasteiger partial charge in [0.25, 0.3) is 0 Å². The standard InChI is InChI=1S/C21H20N2OS/c1-4-22-15-9-10-17-14(2)11-16(24-19(17)12-15)13-21-23(3)18-7-5-6-8-20(18)25-21/h5-13H,4H2,1-3H3/b21-13-,22-15?. The number of benzene rings is 2. The van der Waals surface area contributed by atoms with Crippen LogP contribution in [0.1, 0.15) is 18.2 Å². The molecule has 126 valence electrons. The maximum atomic E-state index is 6.16. The van der Waals surface area contributed by atoms with Crippen LogP contribution in [0, 0.1) is 6.92 Å². The fourth-order valence-corrected chi connectivity index (χ4v) is 4.18. The highest BCUT2D eigenvalue weighted by atomic mass is 32.2. The lowest BCUT2D eigenvalue weighted by Gasteiger charge is -2.14. The van der Waals surface area contributed by atoms with Crippen molar-refractivity contribution < 1.29 is 4.42 Å². The Morgan fingerprint density at radius 2 is 2.00 bits per heavy atom. The third kappa shape index (κ3) is 2.98. The molecule has 1 aromatic rings. The van der Waals surface area contributed by atoms with Crippen LogP contribution in [0.2, 0.25) is 0 Å². The zero-order valence-electron chi connectivity index (χ0n) is 14.6. The van der Waals surface area contributed by atoms with E-state index in [4.69, 9.17) is 4.42 Å². The molecule has 0 saturated heterocycles. The fourth-order valence-electron chi connectivity index (χ4n) is 3.09. The molecular weight excluding hydrogens is 328 g/mol. The van der Waals surface area contributed by atoms with E-state index in [0.717, 1.165) is 34.0 Å². The molecule has 0 N–H and O–H groups in total. The molecule has 0 amide bonds. The van der Waals surface area contributed by atoms with Crippen molar-refractivity contribution >= 4 is 23.5 Å². The average Bonchev–Trinajstić information content (AvgIpc) is 2.91. The van der Waals surface area contributed by atoms with Gasteiger partial charge in [-0.25, -0.2) is 0 Å². The van der Waals surface area contributed by atoms with E-state index in [0.29, 0.717) is 0 Å². The van der Waals surface area contributed by atoms with Crippen LogP contribution in [-0.2, 0) is 0 Å². The second-order valence-electron chi connectivity index (χ2n) is 6.10. The van der Waals surface area contributed by atoms with E-state index >= 15 is 0 Å². The third-order valence-electron chi connectivity index (χ3n) is 4.35. The highest BCUT2D eigenvalue weighted by molar-refractivity contribution is 8.03. The predicted octanol–water partition coefficient (Wildman–Crippen LogP) is 5.15. The second-order valence-corrected chi connectivity index (χ2v) is 7.16. The van der Waals surface area contributed by atoms with Gasteiger partial charge in [0.2, 0.25) is 0 Å². The zero-order chi connectivity index (χ0) is 17.4. The van der Waals surface area contributed by atoms with Crippen molar-refractivity contribution in [3.63, 3.8) is 0 Å². The van der Waals surface area contributed by atoms with Gasteiger partial charge in [-0.1, -0.05) is 23.9 Å². The Balaban J connectivity index is 1.78. The van der Waals surface area contributed by atoms with Crippen molar-refractivity contribution in [2.75, 3.05) is 18.5 Å². The van der Waals surface area contributed by atoms with Crippen LogP contribution in [0.15, 0.2) is 67.9 Å². The molecule has 2 heterocycles. The summed E-state index contributed by atoms with van der Waals surface area (Å²) in [6, 6.07) is 16.7. The summed E-state index contributed by atoms with van der Waals surface area (Å²) >= 11 is 1.77. The molecule has 0 spiro atoms. The van der Waals surface area contributed by atoms with Gasteiger partial charge in [0.1, 0.15) is 11.5 Å². The van der Waals surface area contributed by atoms with Gasteiger partial charge in [0, 0.05) is 36.2 Å². The van der Waals surface area contributed by atoms with Gasteiger partial charge in [0.05, 0.1) is 16.1 Å². The first kappa shape index (κ1) is 16.0. The van der Waals surface area contributed by atoms with Crippen LogP contribution in [0.5, 0.6) is 0 Å². The summed E-state index contributed by atoms with van der Waals surface area (Å²) < 4.78 is 6.16. The van der Waals surface area contributed by atoms with Crippen LogP contribution >= 0.6 is 11.8 Å². The molecule has 4 heteroatoms. The van der Waals surface area contributed by atoms with Gasteiger partial charge in [-0.3, -0.25) is 4.99 Å². The number of hydrogen-bond acceptors (Lipinski definition) is 4. The van der Waals surface area contributed by atoms with Gasteiger partial charge in [-0.2, -0.15) is 0 Å². The number of rotatable bonds is 2. The van der Waals surface area contributed by atoms with E-state index in [-0.39, 0.29) is 0 Å². The lowest BCUT2D eigenvalue weighted by molar-refractivity contribution is 0.552. The van der Waals surface area contributed by atoms with Gasteiger partial charge >= 0.3 is 0 Å².